The van der Waals surface area contributed by atoms with Crippen LogP contribution in [0.5, 0.6) is 0 Å². The van der Waals surface area contributed by atoms with E-state index in [1.54, 1.807) is 6.20 Å². The van der Waals surface area contributed by atoms with E-state index < -0.39 is 12.1 Å². The fourth-order valence-electron chi connectivity index (χ4n) is 4.67. The Balaban J connectivity index is 0.000000617. The molecule has 3 aromatic carbocycles. The number of urea groups is 1. The van der Waals surface area contributed by atoms with Crippen molar-refractivity contribution >= 4 is 40.7 Å². The van der Waals surface area contributed by atoms with E-state index in [0.717, 1.165) is 48.2 Å². The molecule has 0 spiro atoms. The molecule has 0 aliphatic carbocycles. The second kappa shape index (κ2) is 14.9. The van der Waals surface area contributed by atoms with Crippen LogP contribution in [0.3, 0.4) is 0 Å². The number of carbonyl (C=O) groups is 2. The molecule has 1 aromatic heterocycles. The highest BCUT2D eigenvalue weighted by Gasteiger charge is 2.38. The SMILES string of the molecule is Cc1ccc(Cn2ncc(N3CCC(N)CC3)c(Cl)c2=O)cc1NC(=O)Nc1ccc(-c2ccccc2)cc1.O=C(O)C(F)(F)F. The van der Waals surface area contributed by atoms with Crippen molar-refractivity contribution in [3.8, 4) is 11.1 Å². The minimum absolute atomic E-state index is 0.156. The summed E-state index contributed by atoms with van der Waals surface area (Å²) in [5.74, 6) is -2.76. The first-order chi connectivity index (χ1) is 21.8. The summed E-state index contributed by atoms with van der Waals surface area (Å²) >= 11 is 6.47. The maximum atomic E-state index is 13.0. The predicted molar refractivity (Wildman–Crippen MR) is 171 cm³/mol. The molecule has 2 heterocycles. The molecule has 1 aliphatic heterocycles. The third-order valence-corrected chi connectivity index (χ3v) is 7.58. The van der Waals surface area contributed by atoms with Gasteiger partial charge in [-0.3, -0.25) is 4.79 Å². The number of anilines is 3. The average molecular weight is 657 g/mol. The van der Waals surface area contributed by atoms with Gasteiger partial charge in [-0.15, -0.1) is 0 Å². The number of nitrogens with zero attached hydrogens (tertiary/aromatic N) is 3. The number of rotatable bonds is 6. The van der Waals surface area contributed by atoms with Gasteiger partial charge in [-0.1, -0.05) is 66.2 Å². The second-order valence-corrected chi connectivity index (χ2v) is 11.0. The van der Waals surface area contributed by atoms with Gasteiger partial charge in [-0.05, 0) is 60.2 Å². The number of halogens is 4. The molecule has 10 nitrogen and oxygen atoms in total. The van der Waals surface area contributed by atoms with E-state index in [0.29, 0.717) is 17.1 Å². The van der Waals surface area contributed by atoms with Crippen molar-refractivity contribution in [1.82, 2.24) is 9.78 Å². The van der Waals surface area contributed by atoms with Gasteiger partial charge in [0.05, 0.1) is 18.4 Å². The molecule has 4 aromatic rings. The quantitative estimate of drug-likeness (QED) is 0.196. The Bertz CT molecular complexity index is 1730. The van der Waals surface area contributed by atoms with Crippen molar-refractivity contribution in [2.75, 3.05) is 28.6 Å². The third kappa shape index (κ3) is 9.08. The highest BCUT2D eigenvalue weighted by atomic mass is 35.5. The molecule has 1 saturated heterocycles. The number of amides is 2. The van der Waals surface area contributed by atoms with Crippen LogP contribution in [0.2, 0.25) is 5.02 Å². The van der Waals surface area contributed by atoms with Gasteiger partial charge in [0.25, 0.3) is 5.56 Å². The first-order valence-corrected chi connectivity index (χ1v) is 14.6. The number of hydrogen-bond donors (Lipinski definition) is 4. The van der Waals surface area contributed by atoms with Gasteiger partial charge in [0.15, 0.2) is 0 Å². The molecule has 1 fully saturated rings. The summed E-state index contributed by atoms with van der Waals surface area (Å²) < 4.78 is 33.1. The molecule has 0 unspecified atom stereocenters. The van der Waals surface area contributed by atoms with E-state index >= 15 is 0 Å². The van der Waals surface area contributed by atoms with E-state index in [2.05, 4.69) is 20.6 Å². The lowest BCUT2D eigenvalue weighted by atomic mass is 10.1. The van der Waals surface area contributed by atoms with Crippen LogP contribution >= 0.6 is 11.6 Å². The molecule has 0 saturated carbocycles. The molecule has 5 N–H and O–H groups in total. The summed E-state index contributed by atoms with van der Waals surface area (Å²) in [4.78, 5) is 36.7. The Hall–Kier alpha value is -4.88. The number of aromatic nitrogens is 2. The van der Waals surface area contributed by atoms with Crippen LogP contribution in [-0.2, 0) is 11.3 Å². The van der Waals surface area contributed by atoms with Gasteiger partial charge in [-0.2, -0.15) is 18.3 Å². The van der Waals surface area contributed by atoms with E-state index in [9.17, 15) is 22.8 Å². The number of carboxylic acid groups (broad SMARTS) is 1. The summed E-state index contributed by atoms with van der Waals surface area (Å²) in [6.07, 6.45) is -1.74. The Kier molecular flexibility index (Phi) is 11.0. The molecule has 2 amide bonds. The van der Waals surface area contributed by atoms with Gasteiger partial charge >= 0.3 is 18.2 Å². The maximum Gasteiger partial charge on any atom is 0.490 e. The summed E-state index contributed by atoms with van der Waals surface area (Å²) in [5, 5.41) is 17.4. The number of nitrogens with two attached hydrogens (primary N) is 1. The van der Waals surface area contributed by atoms with Crippen molar-refractivity contribution in [1.29, 1.82) is 0 Å². The first kappa shape index (κ1) is 34.0. The summed E-state index contributed by atoms with van der Waals surface area (Å²) in [7, 11) is 0. The number of nitrogens with one attached hydrogen (secondary N) is 2. The summed E-state index contributed by atoms with van der Waals surface area (Å²) in [6, 6.07) is 23.2. The van der Waals surface area contributed by atoms with Crippen LogP contribution in [0, 0.1) is 6.92 Å². The molecule has 0 atom stereocenters. The fourth-order valence-corrected chi connectivity index (χ4v) is 4.93. The molecular weight excluding hydrogens is 625 g/mol. The average Bonchev–Trinajstić information content (AvgIpc) is 3.02. The number of aryl methyl sites for hydroxylation is 1. The Morgan fingerprint density at radius 3 is 2.22 bits per heavy atom. The van der Waals surface area contributed by atoms with Crippen LogP contribution in [0.1, 0.15) is 24.0 Å². The van der Waals surface area contributed by atoms with Gasteiger partial charge in [0.2, 0.25) is 0 Å². The van der Waals surface area contributed by atoms with Crippen molar-refractivity contribution in [2.24, 2.45) is 5.73 Å². The van der Waals surface area contributed by atoms with Crippen LogP contribution in [0.15, 0.2) is 83.8 Å². The van der Waals surface area contributed by atoms with E-state index in [1.807, 2.05) is 79.7 Å². The largest absolute Gasteiger partial charge is 0.490 e. The normalized spacial score (nSPS) is 13.4. The minimum Gasteiger partial charge on any atom is -0.475 e. The lowest BCUT2D eigenvalue weighted by Gasteiger charge is -2.32. The molecule has 5 rings (SSSR count). The fraction of sp³-hybridized carbons (Fsp3) is 0.250. The first-order valence-electron chi connectivity index (χ1n) is 14.2. The van der Waals surface area contributed by atoms with E-state index in [4.69, 9.17) is 27.2 Å². The third-order valence-electron chi connectivity index (χ3n) is 7.22. The monoisotopic (exact) mass is 656 g/mol. The number of carboxylic acids is 1. The van der Waals surface area contributed by atoms with E-state index in [-0.39, 0.29) is 29.2 Å². The van der Waals surface area contributed by atoms with Gasteiger partial charge in [0, 0.05) is 30.5 Å². The second-order valence-electron chi connectivity index (χ2n) is 10.6. The minimum atomic E-state index is -5.08. The zero-order valence-corrected chi connectivity index (χ0v) is 25.5. The Morgan fingerprint density at radius 1 is 1.00 bits per heavy atom. The smallest absolute Gasteiger partial charge is 0.475 e. The summed E-state index contributed by atoms with van der Waals surface area (Å²) in [6.45, 7) is 3.63. The zero-order valence-electron chi connectivity index (χ0n) is 24.7. The molecule has 1 aliphatic rings. The predicted octanol–water partition coefficient (Wildman–Crippen LogP) is 6.13. The Labute approximate surface area is 267 Å². The molecule has 46 heavy (non-hydrogen) atoms. The standard InChI is InChI=1S/C30H31ClN6O2.C2HF3O2/c1-20-7-8-21(19-37-29(38)28(31)27(18-33-37)36-15-13-24(32)14-16-36)17-26(20)35-30(39)34-25-11-9-23(10-12-25)22-5-3-2-4-6-22;3-2(4,5)1(6)7/h2-12,17-18,24H,13-16,19,32H2,1H3,(H2,34,35,39);(H,6,7). The van der Waals surface area contributed by atoms with Gasteiger partial charge in [-0.25, -0.2) is 14.3 Å². The van der Waals surface area contributed by atoms with Gasteiger partial charge < -0.3 is 26.4 Å². The topological polar surface area (TPSA) is 143 Å². The van der Waals surface area contributed by atoms with Crippen molar-refractivity contribution < 1.29 is 27.9 Å². The summed E-state index contributed by atoms with van der Waals surface area (Å²) in [5.41, 5.74) is 11.5. The van der Waals surface area contributed by atoms with Crippen LogP contribution in [0.25, 0.3) is 11.1 Å². The molecule has 0 radical (unpaired) electrons. The zero-order chi connectivity index (χ0) is 33.4. The number of piperidine rings is 1. The lowest BCUT2D eigenvalue weighted by molar-refractivity contribution is -0.192. The number of aliphatic carboxylic acids is 1. The van der Waals surface area contributed by atoms with Crippen LogP contribution < -0.4 is 26.8 Å². The molecular formula is C32H32ClF3N6O4. The highest BCUT2D eigenvalue weighted by molar-refractivity contribution is 6.33. The van der Waals surface area contributed by atoms with Gasteiger partial charge in [0.1, 0.15) is 5.02 Å². The van der Waals surface area contributed by atoms with E-state index in [1.165, 1.54) is 4.68 Å². The maximum absolute atomic E-state index is 13.0. The van der Waals surface area contributed by atoms with Crippen molar-refractivity contribution in [3.05, 3.63) is 105 Å². The van der Waals surface area contributed by atoms with Crippen molar-refractivity contribution in [2.45, 2.75) is 38.5 Å². The lowest BCUT2D eigenvalue weighted by Crippen LogP contribution is -2.40. The number of alkyl halides is 3. The number of hydrogen-bond acceptors (Lipinski definition) is 6. The highest BCUT2D eigenvalue weighted by Crippen LogP contribution is 2.25. The Morgan fingerprint density at radius 2 is 1.61 bits per heavy atom. The molecule has 242 valence electrons. The number of carbonyl (C=O) groups excluding carboxylic acids is 1. The number of benzene rings is 3. The molecule has 14 heteroatoms. The van der Waals surface area contributed by atoms with Crippen LogP contribution in [0.4, 0.5) is 35.0 Å². The van der Waals surface area contributed by atoms with Crippen LogP contribution in [-0.4, -0.2) is 52.2 Å². The van der Waals surface area contributed by atoms with Crippen molar-refractivity contribution in [3.63, 3.8) is 0 Å². The molecule has 0 bridgehead atoms.